The molecule has 1 unspecified atom stereocenters. The zero-order valence-corrected chi connectivity index (χ0v) is 11.3. The van der Waals surface area contributed by atoms with Crippen LogP contribution in [0.4, 0.5) is 0 Å². The van der Waals surface area contributed by atoms with E-state index in [0.717, 1.165) is 18.6 Å². The Morgan fingerprint density at radius 2 is 1.88 bits per heavy atom. The molecule has 2 aliphatic rings. The highest BCUT2D eigenvalue weighted by Gasteiger charge is 2.35. The molecule has 1 heterocycles. The zero-order valence-electron chi connectivity index (χ0n) is 11.3. The summed E-state index contributed by atoms with van der Waals surface area (Å²) in [6.07, 6.45) is 6.97. The summed E-state index contributed by atoms with van der Waals surface area (Å²) in [5, 5.41) is 3.59. The molecule has 0 aromatic heterocycles. The normalized spacial score (nSPS) is 32.1. The highest BCUT2D eigenvalue weighted by molar-refractivity contribution is 4.90. The summed E-state index contributed by atoms with van der Waals surface area (Å²) in [6.45, 7) is 10.8. The second kappa shape index (κ2) is 5.05. The van der Waals surface area contributed by atoms with Gasteiger partial charge in [0.25, 0.3) is 0 Å². The molecule has 2 heteroatoms. The molecular weight excluding hydrogens is 196 g/mol. The summed E-state index contributed by atoms with van der Waals surface area (Å²) in [4.78, 5) is 2.75. The van der Waals surface area contributed by atoms with Gasteiger partial charge in [0, 0.05) is 12.1 Å². The van der Waals surface area contributed by atoms with Crippen LogP contribution in [-0.2, 0) is 0 Å². The van der Waals surface area contributed by atoms with Crippen molar-refractivity contribution in [3.63, 3.8) is 0 Å². The largest absolute Gasteiger partial charge is 0.314 e. The maximum absolute atomic E-state index is 3.59. The fourth-order valence-corrected chi connectivity index (χ4v) is 3.47. The van der Waals surface area contributed by atoms with Crippen molar-refractivity contribution in [1.29, 1.82) is 0 Å². The van der Waals surface area contributed by atoms with Crippen molar-refractivity contribution in [1.82, 2.24) is 10.2 Å². The molecule has 1 saturated carbocycles. The molecule has 1 saturated heterocycles. The van der Waals surface area contributed by atoms with Crippen LogP contribution in [0.25, 0.3) is 0 Å². The number of rotatable bonds is 3. The van der Waals surface area contributed by atoms with Crippen LogP contribution in [0, 0.1) is 5.41 Å². The van der Waals surface area contributed by atoms with Crippen LogP contribution in [0.5, 0.6) is 0 Å². The standard InChI is InChI=1S/C14H28N2/c1-4-15-12-6-9-16(10-7-12)13-5-8-14(2,3)11-13/h12-13,15H,4-11H2,1-3H3. The summed E-state index contributed by atoms with van der Waals surface area (Å²) in [7, 11) is 0. The highest BCUT2D eigenvalue weighted by Crippen LogP contribution is 2.39. The van der Waals surface area contributed by atoms with Gasteiger partial charge in [0.2, 0.25) is 0 Å². The molecule has 0 radical (unpaired) electrons. The number of likely N-dealkylation sites (tertiary alicyclic amines) is 1. The molecule has 0 amide bonds. The molecule has 1 atom stereocenters. The lowest BCUT2D eigenvalue weighted by Crippen LogP contribution is -2.46. The summed E-state index contributed by atoms with van der Waals surface area (Å²) in [5.74, 6) is 0. The minimum absolute atomic E-state index is 0.600. The quantitative estimate of drug-likeness (QED) is 0.793. The third-order valence-electron chi connectivity index (χ3n) is 4.48. The van der Waals surface area contributed by atoms with Gasteiger partial charge in [-0.05, 0) is 57.2 Å². The van der Waals surface area contributed by atoms with Crippen LogP contribution in [0.15, 0.2) is 0 Å². The van der Waals surface area contributed by atoms with E-state index in [1.54, 1.807) is 0 Å². The van der Waals surface area contributed by atoms with Crippen LogP contribution in [0.2, 0.25) is 0 Å². The minimum atomic E-state index is 0.600. The number of nitrogens with zero attached hydrogens (tertiary/aromatic N) is 1. The summed E-state index contributed by atoms with van der Waals surface area (Å²) in [6, 6.07) is 1.67. The van der Waals surface area contributed by atoms with Gasteiger partial charge in [-0.3, -0.25) is 0 Å². The number of hydrogen-bond acceptors (Lipinski definition) is 2. The van der Waals surface area contributed by atoms with E-state index in [2.05, 4.69) is 31.0 Å². The van der Waals surface area contributed by atoms with Gasteiger partial charge in [0.1, 0.15) is 0 Å². The molecule has 0 aromatic rings. The van der Waals surface area contributed by atoms with Crippen molar-refractivity contribution in [2.45, 2.75) is 65.0 Å². The van der Waals surface area contributed by atoms with E-state index in [0.29, 0.717) is 5.41 Å². The zero-order chi connectivity index (χ0) is 11.6. The second-order valence-corrected chi connectivity index (χ2v) is 6.43. The Kier molecular flexibility index (Phi) is 3.91. The van der Waals surface area contributed by atoms with Gasteiger partial charge >= 0.3 is 0 Å². The van der Waals surface area contributed by atoms with E-state index >= 15 is 0 Å². The lowest BCUT2D eigenvalue weighted by molar-refractivity contribution is 0.138. The first kappa shape index (κ1) is 12.4. The molecule has 1 N–H and O–H groups in total. The van der Waals surface area contributed by atoms with Gasteiger partial charge in [-0.25, -0.2) is 0 Å². The molecule has 2 fully saturated rings. The van der Waals surface area contributed by atoms with E-state index in [1.165, 1.54) is 45.2 Å². The maximum Gasteiger partial charge on any atom is 0.0101 e. The summed E-state index contributed by atoms with van der Waals surface area (Å²) in [5.41, 5.74) is 0.600. The first-order valence-corrected chi connectivity index (χ1v) is 7.08. The average molecular weight is 224 g/mol. The van der Waals surface area contributed by atoms with Gasteiger partial charge in [0.05, 0.1) is 0 Å². The summed E-state index contributed by atoms with van der Waals surface area (Å²) < 4.78 is 0. The van der Waals surface area contributed by atoms with Gasteiger partial charge in [-0.1, -0.05) is 20.8 Å². The Hall–Kier alpha value is -0.0800. The molecular formula is C14H28N2. The SMILES string of the molecule is CCNC1CCN(C2CCC(C)(C)C2)CC1. The molecule has 1 aliphatic carbocycles. The molecule has 94 valence electrons. The topological polar surface area (TPSA) is 15.3 Å². The van der Waals surface area contributed by atoms with Gasteiger partial charge in [-0.2, -0.15) is 0 Å². The second-order valence-electron chi connectivity index (χ2n) is 6.43. The first-order chi connectivity index (χ1) is 7.61. The Labute approximate surface area is 101 Å². The highest BCUT2D eigenvalue weighted by atomic mass is 15.2. The first-order valence-electron chi connectivity index (χ1n) is 7.08. The van der Waals surface area contributed by atoms with Crippen molar-refractivity contribution in [3.8, 4) is 0 Å². The summed E-state index contributed by atoms with van der Waals surface area (Å²) >= 11 is 0. The monoisotopic (exact) mass is 224 g/mol. The lowest BCUT2D eigenvalue weighted by atomic mass is 9.91. The van der Waals surface area contributed by atoms with Gasteiger partial charge in [0.15, 0.2) is 0 Å². The third kappa shape index (κ3) is 2.98. The van der Waals surface area contributed by atoms with Crippen LogP contribution in [0.1, 0.15) is 52.9 Å². The van der Waals surface area contributed by atoms with E-state index in [-0.39, 0.29) is 0 Å². The molecule has 1 aliphatic heterocycles. The minimum Gasteiger partial charge on any atom is -0.314 e. The predicted octanol–water partition coefficient (Wildman–Crippen LogP) is 2.64. The number of hydrogen-bond donors (Lipinski definition) is 1. The number of nitrogens with one attached hydrogen (secondary N) is 1. The van der Waals surface area contributed by atoms with Crippen LogP contribution in [-0.4, -0.2) is 36.6 Å². The van der Waals surface area contributed by atoms with Crippen molar-refractivity contribution in [2.75, 3.05) is 19.6 Å². The smallest absolute Gasteiger partial charge is 0.0101 e. The van der Waals surface area contributed by atoms with Crippen LogP contribution in [0.3, 0.4) is 0 Å². The molecule has 0 spiro atoms. The van der Waals surface area contributed by atoms with Crippen molar-refractivity contribution in [2.24, 2.45) is 5.41 Å². The van der Waals surface area contributed by atoms with Crippen LogP contribution < -0.4 is 5.32 Å². The third-order valence-corrected chi connectivity index (χ3v) is 4.48. The van der Waals surface area contributed by atoms with E-state index in [1.807, 2.05) is 0 Å². The van der Waals surface area contributed by atoms with Crippen molar-refractivity contribution in [3.05, 3.63) is 0 Å². The molecule has 16 heavy (non-hydrogen) atoms. The van der Waals surface area contributed by atoms with Gasteiger partial charge < -0.3 is 10.2 Å². The van der Waals surface area contributed by atoms with Crippen molar-refractivity contribution < 1.29 is 0 Å². The fourth-order valence-electron chi connectivity index (χ4n) is 3.47. The van der Waals surface area contributed by atoms with E-state index in [9.17, 15) is 0 Å². The fraction of sp³-hybridized carbons (Fsp3) is 1.00. The average Bonchev–Trinajstić information content (AvgIpc) is 2.61. The molecule has 0 aromatic carbocycles. The van der Waals surface area contributed by atoms with E-state index in [4.69, 9.17) is 0 Å². The Bertz CT molecular complexity index is 217. The molecule has 2 nitrogen and oxygen atoms in total. The Morgan fingerprint density at radius 3 is 2.38 bits per heavy atom. The van der Waals surface area contributed by atoms with Gasteiger partial charge in [-0.15, -0.1) is 0 Å². The maximum atomic E-state index is 3.59. The van der Waals surface area contributed by atoms with Crippen molar-refractivity contribution >= 4 is 0 Å². The molecule has 2 rings (SSSR count). The lowest BCUT2D eigenvalue weighted by Gasteiger charge is -2.36. The Morgan fingerprint density at radius 1 is 1.19 bits per heavy atom. The number of piperidine rings is 1. The Balaban J connectivity index is 1.77. The van der Waals surface area contributed by atoms with Crippen LogP contribution >= 0.6 is 0 Å². The molecule has 0 bridgehead atoms. The predicted molar refractivity (Wildman–Crippen MR) is 69.7 cm³/mol. The van der Waals surface area contributed by atoms with E-state index < -0.39 is 0 Å².